The highest BCUT2D eigenvalue weighted by atomic mass is 35.5. The molecule has 100 valence electrons. The lowest BCUT2D eigenvalue weighted by atomic mass is 9.93. The molecule has 1 nitrogen and oxygen atoms in total. The molecule has 2 heteroatoms. The van der Waals surface area contributed by atoms with Gasteiger partial charge in [-0.15, -0.1) is 0 Å². The van der Waals surface area contributed by atoms with Crippen molar-refractivity contribution in [1.82, 2.24) is 0 Å². The molecule has 1 aliphatic rings. The first-order valence-electron chi connectivity index (χ1n) is 7.02. The van der Waals surface area contributed by atoms with E-state index in [2.05, 4.69) is 0 Å². The van der Waals surface area contributed by atoms with Crippen LogP contribution < -0.4 is 0 Å². The first-order chi connectivity index (χ1) is 8.58. The molecule has 1 N–H and O–H groups in total. The number of aliphatic hydroxyl groups excluding tert-OH is 1. The van der Waals surface area contributed by atoms with E-state index in [4.69, 9.17) is 11.6 Å². The summed E-state index contributed by atoms with van der Waals surface area (Å²) in [5.41, 5.74) is 3.21. The van der Waals surface area contributed by atoms with E-state index in [1.165, 1.54) is 25.7 Å². The van der Waals surface area contributed by atoms with E-state index in [0.717, 1.165) is 40.5 Å². The molecule has 0 spiro atoms. The van der Waals surface area contributed by atoms with E-state index < -0.39 is 0 Å². The van der Waals surface area contributed by atoms with Gasteiger partial charge < -0.3 is 5.11 Å². The zero-order chi connectivity index (χ0) is 13.1. The topological polar surface area (TPSA) is 20.2 Å². The maximum atomic E-state index is 10.3. The van der Waals surface area contributed by atoms with Gasteiger partial charge in [0.05, 0.1) is 6.10 Å². The molecule has 1 atom stereocenters. The molecule has 0 amide bonds. The average Bonchev–Trinajstić information content (AvgIpc) is 2.84. The van der Waals surface area contributed by atoms with E-state index in [9.17, 15) is 5.11 Å². The Morgan fingerprint density at radius 2 is 1.89 bits per heavy atom. The lowest BCUT2D eigenvalue weighted by Crippen LogP contribution is -2.04. The smallest absolute Gasteiger partial charge is 0.0792 e. The van der Waals surface area contributed by atoms with Gasteiger partial charge in [-0.25, -0.2) is 0 Å². The normalized spacial score (nSPS) is 18.2. The lowest BCUT2D eigenvalue weighted by Gasteiger charge is -2.17. The molecule has 1 fully saturated rings. The fourth-order valence-electron chi connectivity index (χ4n) is 3.01. The summed E-state index contributed by atoms with van der Waals surface area (Å²) in [6, 6.07) is 4.00. The van der Waals surface area contributed by atoms with Gasteiger partial charge in [-0.2, -0.15) is 0 Å². The second-order valence-electron chi connectivity index (χ2n) is 5.70. The van der Waals surface area contributed by atoms with Crippen LogP contribution in [0.2, 0.25) is 5.02 Å². The minimum atomic E-state index is -0.332. The van der Waals surface area contributed by atoms with Crippen LogP contribution in [0.4, 0.5) is 0 Å². The van der Waals surface area contributed by atoms with Gasteiger partial charge in [0.2, 0.25) is 0 Å². The van der Waals surface area contributed by atoms with Crippen molar-refractivity contribution in [3.8, 4) is 0 Å². The number of hydrogen-bond acceptors (Lipinski definition) is 1. The molecule has 0 radical (unpaired) electrons. The standard InChI is InChI=1S/C16H23ClO/c1-11-10-15(17)12(2)9-14(11)16(18)8-7-13-5-3-4-6-13/h9-10,13,16,18H,3-8H2,1-2H3. The number of aryl methyl sites for hydroxylation is 2. The fraction of sp³-hybridized carbons (Fsp3) is 0.625. The highest BCUT2D eigenvalue weighted by Crippen LogP contribution is 2.33. The van der Waals surface area contributed by atoms with Gasteiger partial charge in [-0.1, -0.05) is 43.4 Å². The summed E-state index contributed by atoms with van der Waals surface area (Å²) in [5.74, 6) is 0.841. The largest absolute Gasteiger partial charge is 0.388 e. The van der Waals surface area contributed by atoms with Gasteiger partial charge in [0.15, 0.2) is 0 Å². The van der Waals surface area contributed by atoms with Gasteiger partial charge in [0.25, 0.3) is 0 Å². The fourth-order valence-corrected chi connectivity index (χ4v) is 3.23. The zero-order valence-electron chi connectivity index (χ0n) is 11.4. The molecule has 18 heavy (non-hydrogen) atoms. The third-order valence-electron chi connectivity index (χ3n) is 4.23. The summed E-state index contributed by atoms with van der Waals surface area (Å²) in [5, 5.41) is 11.1. The Bertz CT molecular complexity index is 408. The summed E-state index contributed by atoms with van der Waals surface area (Å²) in [4.78, 5) is 0. The molecule has 0 saturated heterocycles. The van der Waals surface area contributed by atoms with Crippen LogP contribution in [-0.4, -0.2) is 5.11 Å². The van der Waals surface area contributed by atoms with Crippen LogP contribution in [-0.2, 0) is 0 Å². The van der Waals surface area contributed by atoms with Crippen molar-refractivity contribution in [2.75, 3.05) is 0 Å². The van der Waals surface area contributed by atoms with Crippen molar-refractivity contribution >= 4 is 11.6 Å². The van der Waals surface area contributed by atoms with Gasteiger partial charge in [0.1, 0.15) is 0 Å². The summed E-state index contributed by atoms with van der Waals surface area (Å²) < 4.78 is 0. The third kappa shape index (κ3) is 3.27. The van der Waals surface area contributed by atoms with Gasteiger partial charge >= 0.3 is 0 Å². The van der Waals surface area contributed by atoms with Crippen molar-refractivity contribution in [3.05, 3.63) is 33.8 Å². The molecule has 0 aliphatic heterocycles. The Morgan fingerprint density at radius 1 is 1.22 bits per heavy atom. The van der Waals surface area contributed by atoms with E-state index in [1.807, 2.05) is 26.0 Å². The summed E-state index contributed by atoms with van der Waals surface area (Å²) in [6.45, 7) is 4.02. The molecule has 0 heterocycles. The van der Waals surface area contributed by atoms with Crippen LogP contribution in [0.15, 0.2) is 12.1 Å². The molecule has 2 rings (SSSR count). The number of rotatable bonds is 4. The van der Waals surface area contributed by atoms with Crippen LogP contribution in [0.25, 0.3) is 0 Å². The molecular weight excluding hydrogens is 244 g/mol. The molecule has 0 aromatic heterocycles. The van der Waals surface area contributed by atoms with Crippen LogP contribution in [0.3, 0.4) is 0 Å². The van der Waals surface area contributed by atoms with Crippen molar-refractivity contribution in [3.63, 3.8) is 0 Å². The van der Waals surface area contributed by atoms with Crippen molar-refractivity contribution in [2.45, 2.75) is 58.5 Å². The molecule has 0 bridgehead atoms. The van der Waals surface area contributed by atoms with Gasteiger partial charge in [-0.3, -0.25) is 0 Å². The first-order valence-corrected chi connectivity index (χ1v) is 7.40. The molecule has 1 unspecified atom stereocenters. The summed E-state index contributed by atoms with van der Waals surface area (Å²) >= 11 is 6.09. The second kappa shape index (κ2) is 6.08. The Hall–Kier alpha value is -0.530. The Balaban J connectivity index is 1.99. The Morgan fingerprint density at radius 3 is 2.56 bits per heavy atom. The van der Waals surface area contributed by atoms with Crippen LogP contribution in [0.1, 0.15) is 61.3 Å². The maximum Gasteiger partial charge on any atom is 0.0792 e. The minimum Gasteiger partial charge on any atom is -0.388 e. The third-order valence-corrected chi connectivity index (χ3v) is 4.64. The molecule has 1 saturated carbocycles. The monoisotopic (exact) mass is 266 g/mol. The highest BCUT2D eigenvalue weighted by Gasteiger charge is 2.18. The van der Waals surface area contributed by atoms with Gasteiger partial charge in [0, 0.05) is 5.02 Å². The molecule has 1 aromatic rings. The van der Waals surface area contributed by atoms with E-state index >= 15 is 0 Å². The predicted octanol–water partition coefficient (Wildman–Crippen LogP) is 4.96. The Kier molecular flexibility index (Phi) is 4.69. The maximum absolute atomic E-state index is 10.3. The highest BCUT2D eigenvalue weighted by molar-refractivity contribution is 6.31. The summed E-state index contributed by atoms with van der Waals surface area (Å²) in [7, 11) is 0. The van der Waals surface area contributed by atoms with Crippen LogP contribution in [0, 0.1) is 19.8 Å². The van der Waals surface area contributed by atoms with E-state index in [1.54, 1.807) is 0 Å². The molecule has 1 aromatic carbocycles. The van der Waals surface area contributed by atoms with Crippen LogP contribution >= 0.6 is 11.6 Å². The second-order valence-corrected chi connectivity index (χ2v) is 6.11. The molecular formula is C16H23ClO. The van der Waals surface area contributed by atoms with Crippen molar-refractivity contribution < 1.29 is 5.11 Å². The number of hydrogen-bond donors (Lipinski definition) is 1. The quantitative estimate of drug-likeness (QED) is 0.817. The number of halogens is 1. The average molecular weight is 267 g/mol. The molecule has 1 aliphatic carbocycles. The number of benzene rings is 1. The SMILES string of the molecule is Cc1cc(C(O)CCC2CCCC2)c(C)cc1Cl. The van der Waals surface area contributed by atoms with E-state index in [0.29, 0.717) is 0 Å². The summed E-state index contributed by atoms with van der Waals surface area (Å²) in [6.07, 6.45) is 7.16. The zero-order valence-corrected chi connectivity index (χ0v) is 12.1. The predicted molar refractivity (Wildman–Crippen MR) is 77.1 cm³/mol. The van der Waals surface area contributed by atoms with Crippen LogP contribution in [0.5, 0.6) is 0 Å². The van der Waals surface area contributed by atoms with E-state index in [-0.39, 0.29) is 6.10 Å². The van der Waals surface area contributed by atoms with Crippen molar-refractivity contribution in [1.29, 1.82) is 0 Å². The van der Waals surface area contributed by atoms with Gasteiger partial charge in [-0.05, 0) is 55.4 Å². The van der Waals surface area contributed by atoms with Crippen molar-refractivity contribution in [2.24, 2.45) is 5.92 Å². The lowest BCUT2D eigenvalue weighted by molar-refractivity contribution is 0.156. The Labute approximate surface area is 115 Å². The minimum absolute atomic E-state index is 0.332. The first kappa shape index (κ1) is 13.9. The number of aliphatic hydroxyl groups is 1.